The summed E-state index contributed by atoms with van der Waals surface area (Å²) in [5.74, 6) is -27.3. The molecule has 0 N–H and O–H groups in total. The Balaban J connectivity index is 0. The van der Waals surface area contributed by atoms with E-state index in [4.69, 9.17) is 0 Å². The average Bonchev–Trinajstić information content (AvgIpc) is 2.89. The summed E-state index contributed by atoms with van der Waals surface area (Å²) in [5.41, 5.74) is 0. The van der Waals surface area contributed by atoms with Gasteiger partial charge in [-0.3, -0.25) is 0 Å². The van der Waals surface area contributed by atoms with E-state index >= 15 is 0 Å². The standard InChI is InChI=1S/3C6HBF4O3.2Bi/c3*8-2-1-3(14-7(12)13)5(10)6(11)4(2)9;;/h3*1H;;/q3*-2;2*+3. The van der Waals surface area contributed by atoms with Crippen LogP contribution in [0.4, 0.5) is 52.7 Å². The van der Waals surface area contributed by atoms with Gasteiger partial charge in [0.15, 0.2) is 34.9 Å². The maximum absolute atomic E-state index is 12.6. The van der Waals surface area contributed by atoms with Crippen molar-refractivity contribution in [2.75, 3.05) is 0 Å². The third-order valence-corrected chi connectivity index (χ3v) is 3.88. The van der Waals surface area contributed by atoms with Crippen molar-refractivity contribution in [1.29, 1.82) is 0 Å². The molecule has 0 heterocycles. The number of benzene rings is 3. The van der Waals surface area contributed by atoms with E-state index in [0.29, 0.717) is 0 Å². The van der Waals surface area contributed by atoms with Crippen LogP contribution in [0.1, 0.15) is 0 Å². The Bertz CT molecular complexity index is 1250. The summed E-state index contributed by atoms with van der Waals surface area (Å²) in [4.78, 5) is 0. The first kappa shape index (κ1) is 44.1. The SMILES string of the molecule is [Bi+3].[Bi+3].[O-]B([O-])Oc1cc(F)c(F)c(F)c1F.[O-]B([O-])Oc1cc(F)c(F)c(F)c1F.[O-]B([O-])Oc1cc(F)c(F)c(F)c1F. The van der Waals surface area contributed by atoms with Crippen molar-refractivity contribution in [1.82, 2.24) is 0 Å². The van der Waals surface area contributed by atoms with E-state index in [1.807, 2.05) is 0 Å². The summed E-state index contributed by atoms with van der Waals surface area (Å²) in [7, 11) is -8.85. The minimum atomic E-state index is -2.95. The van der Waals surface area contributed by atoms with Crippen LogP contribution in [0.25, 0.3) is 0 Å². The first-order valence-electron chi connectivity index (χ1n) is 9.73. The second-order valence-corrected chi connectivity index (χ2v) is 6.61. The number of halogens is 12. The van der Waals surface area contributed by atoms with Crippen molar-refractivity contribution in [2.45, 2.75) is 0 Å². The van der Waals surface area contributed by atoms with Gasteiger partial charge >= 0.3 is 52.4 Å². The molecule has 9 nitrogen and oxygen atoms in total. The van der Waals surface area contributed by atoms with Gasteiger partial charge in [-0.2, -0.15) is 13.2 Å². The molecule has 232 valence electrons. The van der Waals surface area contributed by atoms with Crippen LogP contribution < -0.4 is 44.1 Å². The molecule has 26 heteroatoms. The Morgan fingerprint density at radius 3 is 0.682 bits per heavy atom. The summed E-state index contributed by atoms with van der Waals surface area (Å²) in [6.07, 6.45) is 0. The molecular weight excluding hydrogens is 1040 g/mol. The van der Waals surface area contributed by atoms with E-state index in [-0.39, 0.29) is 70.6 Å². The molecule has 0 spiro atoms. The smallest absolute Gasteiger partial charge is 0.860 e. The zero-order valence-corrected chi connectivity index (χ0v) is 27.0. The molecule has 3 rings (SSSR count). The van der Waals surface area contributed by atoms with Crippen LogP contribution in [-0.4, -0.2) is 74.4 Å². The molecule has 0 fully saturated rings. The molecule has 3 aromatic rings. The van der Waals surface area contributed by atoms with Crippen LogP contribution in [0.2, 0.25) is 0 Å². The van der Waals surface area contributed by atoms with Crippen LogP contribution in [0, 0.1) is 69.8 Å². The minimum Gasteiger partial charge on any atom is -0.860 e. The number of hydrogen-bond donors (Lipinski definition) is 0. The minimum absolute atomic E-state index is 0. The third kappa shape index (κ3) is 12.4. The van der Waals surface area contributed by atoms with Crippen LogP contribution in [0.15, 0.2) is 18.2 Å². The molecule has 3 aromatic carbocycles. The predicted molar refractivity (Wildman–Crippen MR) is 109 cm³/mol. The summed E-state index contributed by atoms with van der Waals surface area (Å²) >= 11 is 0. The van der Waals surface area contributed by atoms with Gasteiger partial charge in [-0.1, -0.05) is 0 Å². The predicted octanol–water partition coefficient (Wildman–Crippen LogP) is -2.78. The second-order valence-electron chi connectivity index (χ2n) is 6.61. The molecular formula is C18H3B3Bi2F12O9. The molecule has 0 amide bonds. The topological polar surface area (TPSA) is 166 Å². The van der Waals surface area contributed by atoms with Crippen LogP contribution in [0.3, 0.4) is 0 Å². The molecule has 4 radical (unpaired) electrons. The zero-order valence-electron chi connectivity index (χ0n) is 20.1. The number of rotatable bonds is 6. The molecule has 0 atom stereocenters. The van der Waals surface area contributed by atoms with E-state index in [1.54, 1.807) is 0 Å². The quantitative estimate of drug-likeness (QED) is 0.110. The average molecular weight is 1040 g/mol. The van der Waals surface area contributed by atoms with Crippen molar-refractivity contribution in [3.05, 3.63) is 88.0 Å². The van der Waals surface area contributed by atoms with E-state index < -0.39 is 109 Å². The molecule has 44 heavy (non-hydrogen) atoms. The van der Waals surface area contributed by atoms with Crippen molar-refractivity contribution < 1.29 is 96.8 Å². The Morgan fingerprint density at radius 2 is 0.523 bits per heavy atom. The van der Waals surface area contributed by atoms with Gasteiger partial charge in [0, 0.05) is 18.2 Å². The molecule has 0 aliphatic heterocycles. The maximum Gasteiger partial charge on any atom is 3.00 e. The van der Waals surface area contributed by atoms with Crippen LogP contribution in [-0.2, 0) is 0 Å². The Hall–Kier alpha value is -2.06. The van der Waals surface area contributed by atoms with Crippen molar-refractivity contribution in [3.63, 3.8) is 0 Å². The van der Waals surface area contributed by atoms with E-state index in [1.165, 1.54) is 0 Å². The van der Waals surface area contributed by atoms with Gasteiger partial charge < -0.3 is 44.1 Å². The molecule has 0 saturated heterocycles. The molecule has 0 saturated carbocycles. The van der Waals surface area contributed by atoms with Gasteiger partial charge in [-0.15, -0.1) is 0 Å². The molecule has 0 aliphatic carbocycles. The fourth-order valence-corrected chi connectivity index (χ4v) is 2.22. The zero-order chi connectivity index (χ0) is 32.6. The Labute approximate surface area is 275 Å². The summed E-state index contributed by atoms with van der Waals surface area (Å²) in [5, 5.41) is 59.2. The summed E-state index contributed by atoms with van der Waals surface area (Å²) in [6.45, 7) is 0. The van der Waals surface area contributed by atoms with Gasteiger partial charge in [0.05, 0.1) is 0 Å². The van der Waals surface area contributed by atoms with Crippen LogP contribution in [0.5, 0.6) is 17.2 Å². The largest absolute Gasteiger partial charge is 3.00 e. The molecule has 0 aromatic heterocycles. The van der Waals surface area contributed by atoms with Crippen molar-refractivity contribution in [3.8, 4) is 17.2 Å². The van der Waals surface area contributed by atoms with E-state index in [9.17, 15) is 82.8 Å². The summed E-state index contributed by atoms with van der Waals surface area (Å²) in [6, 6.07) is 0.240. The normalized spacial score (nSPS) is 9.68. The van der Waals surface area contributed by atoms with Crippen molar-refractivity contribution in [2.24, 2.45) is 0 Å². The van der Waals surface area contributed by atoms with Gasteiger partial charge in [0.2, 0.25) is 34.9 Å². The Morgan fingerprint density at radius 1 is 0.341 bits per heavy atom. The van der Waals surface area contributed by atoms with Crippen LogP contribution >= 0.6 is 0 Å². The van der Waals surface area contributed by atoms with Gasteiger partial charge in [0.25, 0.3) is 0 Å². The van der Waals surface area contributed by atoms with E-state index in [2.05, 4.69) is 14.0 Å². The van der Waals surface area contributed by atoms with Crippen molar-refractivity contribution >= 4 is 74.4 Å². The maximum atomic E-state index is 12.6. The fourth-order valence-electron chi connectivity index (χ4n) is 2.22. The van der Waals surface area contributed by atoms with Gasteiger partial charge in [-0.25, -0.2) is 39.5 Å². The molecule has 0 aliphatic rings. The third-order valence-electron chi connectivity index (χ3n) is 3.88. The van der Waals surface area contributed by atoms with Gasteiger partial charge in [0.1, 0.15) is 39.2 Å². The molecule has 0 unspecified atom stereocenters. The number of hydrogen-bond acceptors (Lipinski definition) is 9. The second kappa shape index (κ2) is 19.5. The molecule has 0 bridgehead atoms. The van der Waals surface area contributed by atoms with Gasteiger partial charge in [-0.05, 0) is 0 Å². The Kier molecular flexibility index (Phi) is 19.5. The summed E-state index contributed by atoms with van der Waals surface area (Å²) < 4.78 is 160. The first-order valence-corrected chi connectivity index (χ1v) is 9.73. The fraction of sp³-hybridized carbons (Fsp3) is 0. The first-order chi connectivity index (χ1) is 19.3. The van der Waals surface area contributed by atoms with E-state index in [0.717, 1.165) is 0 Å². The monoisotopic (exact) mass is 1040 g/mol.